The number of nitrogens with one attached hydrogen (secondary N) is 1. The van der Waals surface area contributed by atoms with Crippen molar-refractivity contribution >= 4 is 28.4 Å². The van der Waals surface area contributed by atoms with E-state index in [1.807, 2.05) is 11.0 Å². The molecular weight excluding hydrogens is 489 g/mol. The molecule has 0 bridgehead atoms. The maximum atomic E-state index is 15.5. The molecule has 1 aliphatic rings. The summed E-state index contributed by atoms with van der Waals surface area (Å²) in [5.74, 6) is 0.773. The van der Waals surface area contributed by atoms with Gasteiger partial charge in [0.1, 0.15) is 17.1 Å². The average Bonchev–Trinajstić information content (AvgIpc) is 3.33. The second kappa shape index (κ2) is 13.0. The van der Waals surface area contributed by atoms with E-state index in [-0.39, 0.29) is 31.5 Å². The minimum Gasteiger partial charge on any atom is -0.496 e. The van der Waals surface area contributed by atoms with Gasteiger partial charge in [-0.25, -0.2) is 9.37 Å². The molecule has 0 spiro atoms. The highest BCUT2D eigenvalue weighted by Crippen LogP contribution is 2.33. The molecule has 2 heterocycles. The number of unbranched alkanes of at least 4 members (excludes halogenated alkanes) is 1. The van der Waals surface area contributed by atoms with Gasteiger partial charge in [-0.15, -0.1) is 0 Å². The number of rotatable bonds is 13. The summed E-state index contributed by atoms with van der Waals surface area (Å²) in [7, 11) is 1.54. The molecule has 0 saturated carbocycles. The molecule has 1 aromatic carbocycles. The van der Waals surface area contributed by atoms with E-state index in [0.717, 1.165) is 43.2 Å². The Bertz CT molecular complexity index is 1260. The quantitative estimate of drug-likeness (QED) is 0.265. The first-order chi connectivity index (χ1) is 18.5. The summed E-state index contributed by atoms with van der Waals surface area (Å²) < 4.78 is 22.7. The third-order valence-corrected chi connectivity index (χ3v) is 6.88. The third kappa shape index (κ3) is 6.40. The molecule has 0 saturated heterocycles. The maximum absolute atomic E-state index is 15.5. The number of anilines is 2. The average molecular weight is 528 g/mol. The predicted octanol–water partition coefficient (Wildman–Crippen LogP) is 2.72. The number of aliphatic hydroxyl groups is 2. The largest absolute Gasteiger partial charge is 0.496 e. The predicted molar refractivity (Wildman–Crippen MR) is 147 cm³/mol. The Kier molecular flexibility index (Phi) is 9.48. The molecule has 3 aromatic rings. The molecule has 1 unspecified atom stereocenters. The summed E-state index contributed by atoms with van der Waals surface area (Å²) >= 11 is 0. The summed E-state index contributed by atoms with van der Waals surface area (Å²) in [6.45, 7) is 4.01. The highest BCUT2D eigenvalue weighted by Gasteiger charge is 2.21. The molecule has 5 N–H and O–H groups in total. The van der Waals surface area contributed by atoms with Crippen LogP contribution in [0.2, 0.25) is 0 Å². The molecule has 4 rings (SSSR count). The number of halogens is 1. The first-order valence-electron chi connectivity index (χ1n) is 13.2. The number of nitrogens with two attached hydrogens (primary N) is 1. The van der Waals surface area contributed by atoms with Gasteiger partial charge in [0.15, 0.2) is 11.3 Å². The Morgan fingerprint density at radius 3 is 2.76 bits per heavy atom. The van der Waals surface area contributed by atoms with Crippen molar-refractivity contribution in [3.05, 3.63) is 41.3 Å². The fourth-order valence-corrected chi connectivity index (χ4v) is 4.90. The summed E-state index contributed by atoms with van der Waals surface area (Å²) in [4.78, 5) is 10.7. The summed E-state index contributed by atoms with van der Waals surface area (Å²) in [5, 5.41) is 26.6. The van der Waals surface area contributed by atoms with Crippen LogP contribution in [0.4, 0.5) is 16.2 Å². The monoisotopic (exact) mass is 527 g/mol. The van der Waals surface area contributed by atoms with Crippen molar-refractivity contribution < 1.29 is 19.3 Å². The number of ether oxygens (including phenoxy) is 1. The van der Waals surface area contributed by atoms with Gasteiger partial charge in [0.05, 0.1) is 38.6 Å². The zero-order valence-electron chi connectivity index (χ0n) is 22.2. The number of nitrogens with zero attached hydrogens (tertiary/aromatic N) is 5. The van der Waals surface area contributed by atoms with Crippen LogP contribution < -0.4 is 20.7 Å². The van der Waals surface area contributed by atoms with Gasteiger partial charge in [-0.3, -0.25) is 4.68 Å². The van der Waals surface area contributed by atoms with Crippen LogP contribution in [0.25, 0.3) is 16.6 Å². The Morgan fingerprint density at radius 2 is 2.08 bits per heavy atom. The zero-order valence-corrected chi connectivity index (χ0v) is 22.2. The molecule has 0 aliphatic heterocycles. The third-order valence-electron chi connectivity index (χ3n) is 6.88. The van der Waals surface area contributed by atoms with E-state index in [4.69, 9.17) is 15.6 Å². The number of aliphatic hydroxyl groups excluding tert-OH is 2. The Balaban J connectivity index is 1.61. The number of allylic oxidation sites excluding steroid dienone is 1. The topological polar surface area (TPSA) is 135 Å². The molecule has 0 amide bonds. The fourth-order valence-electron chi connectivity index (χ4n) is 4.90. The molecule has 10 nitrogen and oxygen atoms in total. The first-order valence-corrected chi connectivity index (χ1v) is 13.2. The molecule has 0 radical (unpaired) electrons. The van der Waals surface area contributed by atoms with Crippen molar-refractivity contribution in [3.8, 4) is 5.75 Å². The van der Waals surface area contributed by atoms with Gasteiger partial charge >= 0.3 is 0 Å². The first kappa shape index (κ1) is 27.7. The van der Waals surface area contributed by atoms with Gasteiger partial charge in [0.2, 0.25) is 5.95 Å². The van der Waals surface area contributed by atoms with Gasteiger partial charge in [-0.05, 0) is 49.0 Å². The van der Waals surface area contributed by atoms with Crippen molar-refractivity contribution in [2.24, 2.45) is 0 Å². The van der Waals surface area contributed by atoms with E-state index in [2.05, 4.69) is 33.4 Å². The van der Waals surface area contributed by atoms with Crippen LogP contribution in [0.1, 0.15) is 50.2 Å². The van der Waals surface area contributed by atoms with E-state index in [0.29, 0.717) is 53.8 Å². The van der Waals surface area contributed by atoms with Gasteiger partial charge in [-0.1, -0.05) is 19.4 Å². The smallest absolute Gasteiger partial charge is 0.222 e. The molecule has 11 heteroatoms. The van der Waals surface area contributed by atoms with Crippen LogP contribution in [0, 0.1) is 5.82 Å². The number of methoxy groups -OCH3 is 1. The summed E-state index contributed by atoms with van der Waals surface area (Å²) in [6.07, 6.45) is 8.36. The molecule has 38 heavy (non-hydrogen) atoms. The van der Waals surface area contributed by atoms with Crippen molar-refractivity contribution in [1.29, 1.82) is 0 Å². The minimum atomic E-state index is -0.365. The lowest BCUT2D eigenvalue weighted by molar-refractivity contribution is 0.281. The maximum Gasteiger partial charge on any atom is 0.222 e. The van der Waals surface area contributed by atoms with Gasteiger partial charge in [-0.2, -0.15) is 10.1 Å². The van der Waals surface area contributed by atoms with Crippen LogP contribution in [0.5, 0.6) is 5.75 Å². The number of hydrogen-bond acceptors (Lipinski definition) is 9. The lowest BCUT2D eigenvalue weighted by Crippen LogP contribution is -2.32. The van der Waals surface area contributed by atoms with Crippen LogP contribution in [0.3, 0.4) is 0 Å². The standard InChI is InChI=1S/C27H38FN7O3/c1-3-4-10-34(11-13-37)26-25-23(31-27(29)32-26)17-35(33-25)16-21-22(28)14-19(15-24(21)38-2)18-5-7-20(8-6-18)30-9-12-36/h5,14-15,17,20,30,36-37H,3-4,6-13,16H2,1-2H3,(H2,29,31). The number of aromatic nitrogens is 4. The van der Waals surface area contributed by atoms with Crippen molar-refractivity contribution in [1.82, 2.24) is 25.1 Å². The van der Waals surface area contributed by atoms with Gasteiger partial charge in [0, 0.05) is 25.7 Å². The Labute approximate surface area is 222 Å². The minimum absolute atomic E-state index is 0.0269. The summed E-state index contributed by atoms with van der Waals surface area (Å²) in [5.41, 5.74) is 9.39. The van der Waals surface area contributed by atoms with Crippen molar-refractivity contribution in [3.63, 3.8) is 0 Å². The van der Waals surface area contributed by atoms with Crippen molar-refractivity contribution in [2.75, 3.05) is 50.6 Å². The Morgan fingerprint density at radius 1 is 1.24 bits per heavy atom. The fraction of sp³-hybridized carbons (Fsp3) is 0.519. The highest BCUT2D eigenvalue weighted by atomic mass is 19.1. The Hall–Kier alpha value is -3.28. The van der Waals surface area contributed by atoms with Crippen LogP contribution >= 0.6 is 0 Å². The molecule has 1 atom stereocenters. The van der Waals surface area contributed by atoms with Gasteiger partial charge < -0.3 is 30.9 Å². The normalized spacial score (nSPS) is 15.6. The SMILES string of the molecule is CCCCN(CCO)c1nc(N)nc2cn(Cc3c(F)cc(C4=CCC(NCCO)CC4)cc3OC)nc12. The molecule has 206 valence electrons. The summed E-state index contributed by atoms with van der Waals surface area (Å²) in [6, 6.07) is 3.76. The van der Waals surface area contributed by atoms with E-state index in [9.17, 15) is 5.11 Å². The van der Waals surface area contributed by atoms with Gasteiger partial charge in [0.25, 0.3) is 0 Å². The van der Waals surface area contributed by atoms with Crippen molar-refractivity contribution in [2.45, 2.75) is 51.6 Å². The zero-order chi connectivity index (χ0) is 27.1. The molecular formula is C27H38FN7O3. The van der Waals surface area contributed by atoms with E-state index >= 15 is 4.39 Å². The molecule has 2 aromatic heterocycles. The van der Waals surface area contributed by atoms with E-state index in [1.54, 1.807) is 16.9 Å². The number of fused-ring (bicyclic) bond motifs is 1. The number of benzene rings is 1. The van der Waals surface area contributed by atoms with Crippen LogP contribution in [0.15, 0.2) is 24.4 Å². The van der Waals surface area contributed by atoms with E-state index in [1.165, 1.54) is 7.11 Å². The van der Waals surface area contributed by atoms with Crippen LogP contribution in [-0.2, 0) is 6.54 Å². The van der Waals surface area contributed by atoms with E-state index < -0.39 is 0 Å². The second-order valence-corrected chi connectivity index (χ2v) is 9.55. The lowest BCUT2D eigenvalue weighted by Gasteiger charge is -2.23. The lowest BCUT2D eigenvalue weighted by atomic mass is 9.90. The molecule has 1 aliphatic carbocycles. The highest BCUT2D eigenvalue weighted by molar-refractivity contribution is 5.86. The second-order valence-electron chi connectivity index (χ2n) is 9.55. The van der Waals surface area contributed by atoms with Crippen LogP contribution in [-0.4, -0.2) is 76.0 Å². The number of nitrogen functional groups attached to an aromatic ring is 1. The molecule has 0 fully saturated rings. The number of hydrogen-bond donors (Lipinski definition) is 4.